The summed E-state index contributed by atoms with van der Waals surface area (Å²) in [6.45, 7) is 4.57. The standard InChI is InChI=1S/C26H40N/c1-3-5-6-7-8-9-10-11-12-14-18-24-19-17-22-27(23-24)26(4-2)25-20-15-13-16-21-25/h13,15-17,19-23,26H,3-12,14,18H2,1-2H3/q+1. The molecule has 0 aliphatic rings. The Balaban J connectivity index is 1.70. The zero-order valence-corrected chi connectivity index (χ0v) is 17.7. The molecule has 1 aromatic carbocycles. The summed E-state index contributed by atoms with van der Waals surface area (Å²) in [5.74, 6) is 0. The van der Waals surface area contributed by atoms with Crippen molar-refractivity contribution < 1.29 is 4.57 Å². The van der Waals surface area contributed by atoms with Gasteiger partial charge in [-0.15, -0.1) is 0 Å². The molecule has 1 unspecified atom stereocenters. The minimum atomic E-state index is 0.443. The van der Waals surface area contributed by atoms with E-state index in [2.05, 4.69) is 73.3 Å². The molecule has 1 heteroatoms. The third-order valence-electron chi connectivity index (χ3n) is 5.63. The average molecular weight is 367 g/mol. The van der Waals surface area contributed by atoms with E-state index in [9.17, 15) is 0 Å². The second-order valence-electron chi connectivity index (χ2n) is 7.93. The Labute approximate surface area is 167 Å². The van der Waals surface area contributed by atoms with Crippen molar-refractivity contribution in [2.45, 2.75) is 96.9 Å². The Morgan fingerprint density at radius 1 is 0.704 bits per heavy atom. The number of pyridine rings is 1. The summed E-state index contributed by atoms with van der Waals surface area (Å²) < 4.78 is 2.40. The Hall–Kier alpha value is -1.63. The van der Waals surface area contributed by atoms with Gasteiger partial charge in [-0.25, -0.2) is 0 Å². The lowest BCUT2D eigenvalue weighted by atomic mass is 10.0. The molecule has 2 rings (SSSR count). The van der Waals surface area contributed by atoms with E-state index >= 15 is 0 Å². The van der Waals surface area contributed by atoms with Crippen LogP contribution in [0.15, 0.2) is 54.9 Å². The van der Waals surface area contributed by atoms with E-state index in [1.165, 1.54) is 81.8 Å². The van der Waals surface area contributed by atoms with Gasteiger partial charge in [0.25, 0.3) is 0 Å². The topological polar surface area (TPSA) is 3.88 Å². The summed E-state index contributed by atoms with van der Waals surface area (Å²) in [6, 6.07) is 15.8. The summed E-state index contributed by atoms with van der Waals surface area (Å²) >= 11 is 0. The van der Waals surface area contributed by atoms with E-state index < -0.39 is 0 Å². The molecule has 2 aromatic rings. The molecule has 27 heavy (non-hydrogen) atoms. The molecule has 1 nitrogen and oxygen atoms in total. The molecule has 0 aliphatic heterocycles. The van der Waals surface area contributed by atoms with Crippen LogP contribution in [0.5, 0.6) is 0 Å². The molecule has 1 heterocycles. The fourth-order valence-electron chi connectivity index (χ4n) is 4.00. The fraction of sp³-hybridized carbons (Fsp3) is 0.577. The molecule has 1 atom stereocenters. The van der Waals surface area contributed by atoms with Gasteiger partial charge in [-0.1, -0.05) is 102 Å². The van der Waals surface area contributed by atoms with Crippen LogP contribution in [-0.2, 0) is 6.42 Å². The van der Waals surface area contributed by atoms with E-state index in [1.54, 1.807) is 0 Å². The van der Waals surface area contributed by atoms with E-state index in [4.69, 9.17) is 0 Å². The van der Waals surface area contributed by atoms with Crippen LogP contribution in [0.3, 0.4) is 0 Å². The number of rotatable bonds is 14. The zero-order valence-electron chi connectivity index (χ0n) is 17.7. The van der Waals surface area contributed by atoms with E-state index in [1.807, 2.05) is 0 Å². The average Bonchev–Trinajstić information content (AvgIpc) is 2.71. The number of unbranched alkanes of at least 4 members (excludes halogenated alkanes) is 9. The van der Waals surface area contributed by atoms with Crippen molar-refractivity contribution in [1.29, 1.82) is 0 Å². The van der Waals surface area contributed by atoms with Crippen LogP contribution in [0.25, 0.3) is 0 Å². The first-order valence-corrected chi connectivity index (χ1v) is 11.4. The maximum absolute atomic E-state index is 2.40. The molecule has 148 valence electrons. The molecular weight excluding hydrogens is 326 g/mol. The number of aryl methyl sites for hydroxylation is 1. The van der Waals surface area contributed by atoms with Crippen molar-refractivity contribution in [2.75, 3.05) is 0 Å². The van der Waals surface area contributed by atoms with E-state index in [-0.39, 0.29) is 0 Å². The van der Waals surface area contributed by atoms with Crippen molar-refractivity contribution in [1.82, 2.24) is 0 Å². The molecule has 0 spiro atoms. The summed E-state index contributed by atoms with van der Waals surface area (Å²) in [4.78, 5) is 0. The highest BCUT2D eigenvalue weighted by Crippen LogP contribution is 2.16. The highest BCUT2D eigenvalue weighted by Gasteiger charge is 2.18. The van der Waals surface area contributed by atoms with Gasteiger partial charge in [0.15, 0.2) is 18.4 Å². The minimum Gasteiger partial charge on any atom is -0.198 e. The molecule has 0 saturated heterocycles. The van der Waals surface area contributed by atoms with Gasteiger partial charge in [-0.2, -0.15) is 4.57 Å². The van der Waals surface area contributed by atoms with E-state index in [0.717, 1.165) is 6.42 Å². The smallest absolute Gasteiger partial charge is 0.183 e. The predicted molar refractivity (Wildman–Crippen MR) is 117 cm³/mol. The van der Waals surface area contributed by atoms with Gasteiger partial charge in [0.1, 0.15) is 0 Å². The molecule has 0 amide bonds. The molecule has 0 bridgehead atoms. The van der Waals surface area contributed by atoms with Crippen LogP contribution >= 0.6 is 0 Å². The van der Waals surface area contributed by atoms with Crippen LogP contribution in [0.1, 0.15) is 102 Å². The first-order valence-electron chi connectivity index (χ1n) is 11.4. The maximum Gasteiger partial charge on any atom is 0.183 e. The van der Waals surface area contributed by atoms with E-state index in [0.29, 0.717) is 6.04 Å². The van der Waals surface area contributed by atoms with Crippen LogP contribution in [-0.4, -0.2) is 0 Å². The normalized spacial score (nSPS) is 12.2. The monoisotopic (exact) mass is 366 g/mol. The van der Waals surface area contributed by atoms with Crippen LogP contribution in [0.4, 0.5) is 0 Å². The van der Waals surface area contributed by atoms with Gasteiger partial charge >= 0.3 is 0 Å². The molecule has 0 fully saturated rings. The Kier molecular flexibility index (Phi) is 10.9. The number of nitrogens with zero attached hydrogens (tertiary/aromatic N) is 1. The van der Waals surface area contributed by atoms with Gasteiger partial charge in [-0.05, 0) is 18.9 Å². The second-order valence-corrected chi connectivity index (χ2v) is 7.93. The molecule has 0 aliphatic carbocycles. The zero-order chi connectivity index (χ0) is 19.2. The molecule has 0 N–H and O–H groups in total. The third kappa shape index (κ3) is 8.28. The van der Waals surface area contributed by atoms with Crippen LogP contribution < -0.4 is 4.57 Å². The summed E-state index contributed by atoms with van der Waals surface area (Å²) in [5, 5.41) is 0. The maximum atomic E-state index is 2.40. The number of aromatic nitrogens is 1. The van der Waals surface area contributed by atoms with Crippen LogP contribution in [0, 0.1) is 0 Å². The highest BCUT2D eigenvalue weighted by molar-refractivity contribution is 5.17. The third-order valence-corrected chi connectivity index (χ3v) is 5.63. The van der Waals surface area contributed by atoms with Crippen molar-refractivity contribution >= 4 is 0 Å². The van der Waals surface area contributed by atoms with Crippen molar-refractivity contribution in [3.05, 3.63) is 66.0 Å². The number of hydrogen-bond donors (Lipinski definition) is 0. The molecule has 0 radical (unpaired) electrons. The lowest BCUT2D eigenvalue weighted by Gasteiger charge is -2.11. The number of hydrogen-bond acceptors (Lipinski definition) is 0. The molecule has 1 aromatic heterocycles. The van der Waals surface area contributed by atoms with Gasteiger partial charge in [0.2, 0.25) is 0 Å². The summed E-state index contributed by atoms with van der Waals surface area (Å²) in [6.07, 6.45) is 21.0. The highest BCUT2D eigenvalue weighted by atomic mass is 15.0. The summed E-state index contributed by atoms with van der Waals surface area (Å²) in [5.41, 5.74) is 2.88. The summed E-state index contributed by atoms with van der Waals surface area (Å²) in [7, 11) is 0. The minimum absolute atomic E-state index is 0.443. The van der Waals surface area contributed by atoms with Gasteiger partial charge < -0.3 is 0 Å². The van der Waals surface area contributed by atoms with Crippen molar-refractivity contribution in [3.63, 3.8) is 0 Å². The Bertz CT molecular complexity index is 605. The lowest BCUT2D eigenvalue weighted by Crippen LogP contribution is -2.39. The van der Waals surface area contributed by atoms with Gasteiger partial charge in [0, 0.05) is 23.6 Å². The first kappa shape index (κ1) is 21.7. The largest absolute Gasteiger partial charge is 0.198 e. The Morgan fingerprint density at radius 3 is 1.96 bits per heavy atom. The van der Waals surface area contributed by atoms with Gasteiger partial charge in [-0.3, -0.25) is 0 Å². The SMILES string of the molecule is CCCCCCCCCCCCc1ccc[n+](C(CC)c2ccccc2)c1. The predicted octanol–water partition coefficient (Wildman–Crippen LogP) is 7.44. The van der Waals surface area contributed by atoms with Crippen molar-refractivity contribution in [2.24, 2.45) is 0 Å². The van der Waals surface area contributed by atoms with Gasteiger partial charge in [0.05, 0.1) is 0 Å². The number of benzene rings is 1. The first-order chi connectivity index (χ1) is 13.3. The Morgan fingerprint density at radius 2 is 1.33 bits per heavy atom. The molecular formula is C26H40N+. The quantitative estimate of drug-likeness (QED) is 0.242. The second kappa shape index (κ2) is 13.5. The fourth-order valence-corrected chi connectivity index (χ4v) is 4.00. The van der Waals surface area contributed by atoms with Crippen molar-refractivity contribution in [3.8, 4) is 0 Å². The molecule has 0 saturated carbocycles. The van der Waals surface area contributed by atoms with Crippen LogP contribution in [0.2, 0.25) is 0 Å². The lowest BCUT2D eigenvalue weighted by molar-refractivity contribution is -0.714.